The van der Waals surface area contributed by atoms with Crippen molar-refractivity contribution in [3.8, 4) is 6.07 Å². The number of benzene rings is 1. The molecule has 0 unspecified atom stereocenters. The van der Waals surface area contributed by atoms with Gasteiger partial charge in [-0.3, -0.25) is 19.6 Å². The monoisotopic (exact) mass is 300 g/mol. The number of carbonyl (C=O) groups is 2. The van der Waals surface area contributed by atoms with Gasteiger partial charge in [0.1, 0.15) is 6.42 Å². The van der Waals surface area contributed by atoms with Gasteiger partial charge in [-0.1, -0.05) is 18.2 Å². The van der Waals surface area contributed by atoms with Crippen molar-refractivity contribution in [3.63, 3.8) is 0 Å². The highest BCUT2D eigenvalue weighted by Crippen LogP contribution is 2.09. The Balaban J connectivity index is 2.37. The van der Waals surface area contributed by atoms with Crippen LogP contribution >= 0.6 is 12.2 Å². The van der Waals surface area contributed by atoms with Crippen molar-refractivity contribution in [2.24, 2.45) is 0 Å². The van der Waals surface area contributed by atoms with E-state index in [9.17, 15) is 9.59 Å². The van der Waals surface area contributed by atoms with E-state index < -0.39 is 5.91 Å². The smallest absolute Gasteiger partial charge is 0.264 e. The van der Waals surface area contributed by atoms with Crippen molar-refractivity contribution in [1.82, 2.24) is 9.24 Å². The topological polar surface area (TPSA) is 79.8 Å². The zero-order valence-electron chi connectivity index (χ0n) is 11.2. The number of carbonyl (C=O) groups excluding carboxylic acids is 2. The molecular formula is C14H12N4O2S. The second kappa shape index (κ2) is 6.15. The van der Waals surface area contributed by atoms with Crippen LogP contribution in [-0.4, -0.2) is 21.1 Å². The van der Waals surface area contributed by atoms with Gasteiger partial charge in [0.2, 0.25) is 4.77 Å². The molecule has 0 saturated carbocycles. The van der Waals surface area contributed by atoms with Crippen molar-refractivity contribution < 1.29 is 9.59 Å². The van der Waals surface area contributed by atoms with E-state index >= 15 is 0 Å². The molecule has 6 nitrogen and oxygen atoms in total. The fraction of sp³-hybridized carbons (Fsp3) is 0.143. The van der Waals surface area contributed by atoms with E-state index in [0.29, 0.717) is 11.3 Å². The number of nitriles is 1. The maximum absolute atomic E-state index is 12.4. The minimum absolute atomic E-state index is 0.146. The highest BCUT2D eigenvalue weighted by atomic mass is 32.1. The van der Waals surface area contributed by atoms with Gasteiger partial charge in [-0.05, 0) is 31.3 Å². The first-order chi connectivity index (χ1) is 10.0. The largest absolute Gasteiger partial charge is 0.272 e. The lowest BCUT2D eigenvalue weighted by Crippen LogP contribution is -2.22. The van der Waals surface area contributed by atoms with E-state index in [1.165, 1.54) is 9.24 Å². The predicted octanol–water partition coefficient (Wildman–Crippen LogP) is 2.00. The van der Waals surface area contributed by atoms with Crippen molar-refractivity contribution in [2.75, 3.05) is 5.43 Å². The third-order valence-electron chi connectivity index (χ3n) is 2.77. The summed E-state index contributed by atoms with van der Waals surface area (Å²) in [5, 5.41) is 8.48. The number of nitrogens with zero attached hydrogens (tertiary/aromatic N) is 3. The minimum Gasteiger partial charge on any atom is -0.272 e. The van der Waals surface area contributed by atoms with E-state index in [1.54, 1.807) is 43.5 Å². The zero-order chi connectivity index (χ0) is 15.4. The number of imidazole rings is 1. The lowest BCUT2D eigenvalue weighted by molar-refractivity contribution is -0.116. The molecule has 1 aromatic heterocycles. The van der Waals surface area contributed by atoms with Gasteiger partial charge >= 0.3 is 0 Å². The number of aromatic nitrogens is 2. The van der Waals surface area contributed by atoms with E-state index in [1.807, 2.05) is 6.07 Å². The molecule has 106 valence electrons. The second-order valence-electron chi connectivity index (χ2n) is 4.30. The summed E-state index contributed by atoms with van der Waals surface area (Å²) in [7, 11) is 0. The van der Waals surface area contributed by atoms with Crippen LogP contribution in [0.1, 0.15) is 22.5 Å². The van der Waals surface area contributed by atoms with Gasteiger partial charge in [-0.2, -0.15) is 5.26 Å². The maximum atomic E-state index is 12.4. The van der Waals surface area contributed by atoms with Crippen LogP contribution in [0.5, 0.6) is 0 Å². The second-order valence-corrected chi connectivity index (χ2v) is 4.66. The molecule has 0 aliphatic carbocycles. The highest BCUT2D eigenvalue weighted by molar-refractivity contribution is 7.71. The summed E-state index contributed by atoms with van der Waals surface area (Å²) in [4.78, 5) is 23.9. The van der Waals surface area contributed by atoms with E-state index in [2.05, 4.69) is 5.43 Å². The third-order valence-corrected chi connectivity index (χ3v) is 3.15. The van der Waals surface area contributed by atoms with E-state index in [4.69, 9.17) is 17.5 Å². The van der Waals surface area contributed by atoms with Gasteiger partial charge in [-0.25, -0.2) is 4.68 Å². The van der Waals surface area contributed by atoms with Crippen molar-refractivity contribution in [1.29, 1.82) is 5.26 Å². The summed E-state index contributed by atoms with van der Waals surface area (Å²) in [6.45, 7) is 1.71. The first-order valence-electron chi connectivity index (χ1n) is 6.12. The van der Waals surface area contributed by atoms with E-state index in [0.717, 1.165) is 0 Å². The fourth-order valence-corrected chi connectivity index (χ4v) is 2.17. The van der Waals surface area contributed by atoms with Gasteiger partial charge in [0.15, 0.2) is 0 Å². The summed E-state index contributed by atoms with van der Waals surface area (Å²) in [5.41, 5.74) is 3.54. The zero-order valence-corrected chi connectivity index (χ0v) is 12.1. The van der Waals surface area contributed by atoms with E-state index in [-0.39, 0.29) is 17.1 Å². The Labute approximate surface area is 126 Å². The average Bonchev–Trinajstić information content (AvgIpc) is 2.74. The average molecular weight is 300 g/mol. The third kappa shape index (κ3) is 3.07. The predicted molar refractivity (Wildman–Crippen MR) is 78.8 cm³/mol. The summed E-state index contributed by atoms with van der Waals surface area (Å²) in [5.74, 6) is -0.760. The summed E-state index contributed by atoms with van der Waals surface area (Å²) in [6.07, 6.45) is 1.26. The van der Waals surface area contributed by atoms with Gasteiger partial charge in [0, 0.05) is 17.5 Å². The molecule has 0 aliphatic heterocycles. The van der Waals surface area contributed by atoms with Gasteiger partial charge < -0.3 is 0 Å². The molecule has 0 aliphatic rings. The highest BCUT2D eigenvalue weighted by Gasteiger charge is 2.15. The summed E-state index contributed by atoms with van der Waals surface area (Å²) < 4.78 is 2.75. The van der Waals surface area contributed by atoms with Crippen molar-refractivity contribution >= 4 is 24.0 Å². The van der Waals surface area contributed by atoms with Crippen LogP contribution in [0.3, 0.4) is 0 Å². The molecule has 1 heterocycles. The van der Waals surface area contributed by atoms with Crippen molar-refractivity contribution in [2.45, 2.75) is 13.3 Å². The fourth-order valence-electron chi connectivity index (χ4n) is 1.84. The number of rotatable bonds is 3. The maximum Gasteiger partial charge on any atom is 0.264 e. The molecule has 0 saturated heterocycles. The molecule has 21 heavy (non-hydrogen) atoms. The molecule has 1 amide bonds. The number of amides is 1. The number of aryl methyl sites for hydroxylation is 1. The minimum atomic E-state index is -0.488. The lowest BCUT2D eigenvalue weighted by atomic mass is 10.2. The van der Waals surface area contributed by atoms with Crippen LogP contribution in [0.25, 0.3) is 0 Å². The van der Waals surface area contributed by atoms with Crippen LogP contribution in [0.15, 0.2) is 36.5 Å². The van der Waals surface area contributed by atoms with Crippen LogP contribution < -0.4 is 5.43 Å². The lowest BCUT2D eigenvalue weighted by Gasteiger charge is -2.05. The molecule has 0 bridgehead atoms. The molecule has 0 fully saturated rings. The van der Waals surface area contributed by atoms with Gasteiger partial charge in [0.05, 0.1) is 6.07 Å². The number of hydrogen-bond donors (Lipinski definition) is 1. The van der Waals surface area contributed by atoms with Gasteiger partial charge in [-0.15, -0.1) is 0 Å². The Morgan fingerprint density at radius 3 is 2.62 bits per heavy atom. The summed E-state index contributed by atoms with van der Waals surface area (Å²) >= 11 is 5.20. The normalized spacial score (nSPS) is 9.90. The van der Waals surface area contributed by atoms with Crippen LogP contribution in [0.4, 0.5) is 0 Å². The summed E-state index contributed by atoms with van der Waals surface area (Å²) in [6, 6.07) is 10.5. The Morgan fingerprint density at radius 1 is 1.33 bits per heavy atom. The molecule has 1 aromatic carbocycles. The Morgan fingerprint density at radius 2 is 2.00 bits per heavy atom. The van der Waals surface area contributed by atoms with Crippen LogP contribution in [0.2, 0.25) is 0 Å². The first kappa shape index (κ1) is 14.7. The Kier molecular flexibility index (Phi) is 4.30. The Bertz CT molecular complexity index is 784. The molecule has 0 radical (unpaired) electrons. The standard InChI is InChI=1S/C14H12N4O2S/c1-10-9-17(16-12(19)7-8-15)14(21)18(10)13(20)11-5-3-2-4-6-11/h2-6,9H,7H2,1H3,(H,16,19). The first-order valence-corrected chi connectivity index (χ1v) is 6.53. The molecule has 1 N–H and O–H groups in total. The SMILES string of the molecule is Cc1cn(NC(=O)CC#N)c(=S)n1C(=O)c1ccccc1. The van der Waals surface area contributed by atoms with Crippen molar-refractivity contribution in [3.05, 3.63) is 52.6 Å². The molecule has 2 rings (SSSR count). The molecular weight excluding hydrogens is 288 g/mol. The quantitative estimate of drug-likeness (QED) is 0.879. The van der Waals surface area contributed by atoms with Crippen LogP contribution in [-0.2, 0) is 4.79 Å². The molecule has 7 heteroatoms. The van der Waals surface area contributed by atoms with Gasteiger partial charge in [0.25, 0.3) is 11.8 Å². The number of hydrogen-bond acceptors (Lipinski definition) is 4. The number of nitrogens with one attached hydrogen (secondary N) is 1. The molecule has 2 aromatic rings. The molecule has 0 spiro atoms. The molecule has 0 atom stereocenters. The van der Waals surface area contributed by atoms with Crippen LogP contribution in [0, 0.1) is 23.0 Å². The Hall–Kier alpha value is -2.72.